The molecule has 2 nitrogen and oxygen atoms in total. The molecule has 2 heterocycles. The Bertz CT molecular complexity index is 1700. The topological polar surface area (TPSA) is 17.0 Å². The number of nitrogens with zero attached hydrogens (tertiary/aromatic N) is 1. The molecule has 0 atom stereocenters. The average Bonchev–Trinajstić information content (AvgIpc) is 3.19. The van der Waals surface area contributed by atoms with Crippen molar-refractivity contribution in [3.05, 3.63) is 114 Å². The van der Waals surface area contributed by atoms with Crippen LogP contribution in [-0.4, -0.2) is 4.57 Å². The Kier molecular flexibility index (Phi) is 3.64. The second-order valence-corrected chi connectivity index (χ2v) is 9.53. The maximum absolute atomic E-state index is 3.73. The van der Waals surface area contributed by atoms with Crippen molar-refractivity contribution in [2.24, 2.45) is 0 Å². The van der Waals surface area contributed by atoms with Crippen LogP contribution in [0.4, 0.5) is 11.4 Å². The summed E-state index contributed by atoms with van der Waals surface area (Å²) in [5.74, 6) is 0. The quantitative estimate of drug-likeness (QED) is 0.281. The molecule has 1 aliphatic heterocycles. The highest BCUT2D eigenvalue weighted by molar-refractivity contribution is 6.21. The second-order valence-electron chi connectivity index (χ2n) is 9.53. The molecule has 1 aromatic heterocycles. The summed E-state index contributed by atoms with van der Waals surface area (Å²) in [4.78, 5) is 0. The van der Waals surface area contributed by atoms with Gasteiger partial charge in [-0.05, 0) is 46.8 Å². The lowest BCUT2D eigenvalue weighted by molar-refractivity contribution is 0.644. The minimum atomic E-state index is -0.127. The lowest BCUT2D eigenvalue weighted by atomic mass is 9.72. The molecular weight excluding hydrogens is 400 g/mol. The highest BCUT2D eigenvalue weighted by Gasteiger charge is 2.35. The van der Waals surface area contributed by atoms with Crippen LogP contribution < -0.4 is 5.32 Å². The van der Waals surface area contributed by atoms with Crippen molar-refractivity contribution in [2.75, 3.05) is 5.32 Å². The average molecular weight is 425 g/mol. The number of fused-ring (bicyclic) bond motifs is 8. The third-order valence-corrected chi connectivity index (χ3v) is 7.33. The Hall–Kier alpha value is -4.04. The molecule has 2 heteroatoms. The van der Waals surface area contributed by atoms with Gasteiger partial charge >= 0.3 is 0 Å². The predicted molar refractivity (Wildman–Crippen MR) is 140 cm³/mol. The van der Waals surface area contributed by atoms with E-state index in [-0.39, 0.29) is 5.41 Å². The zero-order valence-electron chi connectivity index (χ0n) is 18.8. The normalized spacial score (nSPS) is 14.2. The molecule has 0 fully saturated rings. The van der Waals surface area contributed by atoms with Gasteiger partial charge in [-0.1, -0.05) is 86.6 Å². The van der Waals surface area contributed by atoms with E-state index < -0.39 is 0 Å². The van der Waals surface area contributed by atoms with Crippen LogP contribution in [-0.2, 0) is 5.41 Å². The number of rotatable bonds is 1. The summed E-state index contributed by atoms with van der Waals surface area (Å²) < 4.78 is 2.45. The van der Waals surface area contributed by atoms with Crippen LogP contribution in [0.5, 0.6) is 0 Å². The first-order valence-electron chi connectivity index (χ1n) is 11.6. The largest absolute Gasteiger partial charge is 0.355 e. The van der Waals surface area contributed by atoms with Crippen molar-refractivity contribution in [3.63, 3.8) is 0 Å². The first kappa shape index (κ1) is 18.5. The Morgan fingerprint density at radius 2 is 1.39 bits per heavy atom. The first-order chi connectivity index (χ1) is 16.1. The van der Waals surface area contributed by atoms with E-state index in [1.54, 1.807) is 0 Å². The lowest BCUT2D eigenvalue weighted by Crippen LogP contribution is -2.26. The summed E-state index contributed by atoms with van der Waals surface area (Å²) in [6, 6.07) is 37.3. The van der Waals surface area contributed by atoms with E-state index in [2.05, 4.69) is 127 Å². The zero-order chi connectivity index (χ0) is 22.2. The SMILES string of the molecule is CC1(C)c2ccccc2Nc2ccc3c(c21)c1ccc2ccccc2c1n3-c1ccccc1. The summed E-state index contributed by atoms with van der Waals surface area (Å²) >= 11 is 0. The van der Waals surface area contributed by atoms with E-state index in [4.69, 9.17) is 0 Å². The number of aromatic nitrogens is 1. The summed E-state index contributed by atoms with van der Waals surface area (Å²) in [5.41, 5.74) is 8.70. The van der Waals surface area contributed by atoms with Crippen molar-refractivity contribution in [1.29, 1.82) is 0 Å². The molecule has 158 valence electrons. The number of nitrogens with one attached hydrogen (secondary N) is 1. The first-order valence-corrected chi connectivity index (χ1v) is 11.6. The number of benzene rings is 5. The van der Waals surface area contributed by atoms with Crippen LogP contribution in [0.3, 0.4) is 0 Å². The van der Waals surface area contributed by atoms with Gasteiger partial charge in [0.05, 0.1) is 11.0 Å². The molecule has 0 spiro atoms. The van der Waals surface area contributed by atoms with Crippen LogP contribution in [0.15, 0.2) is 103 Å². The predicted octanol–water partition coefficient (Wildman–Crippen LogP) is 8.32. The Labute approximate surface area is 193 Å². The number of anilines is 2. The van der Waals surface area contributed by atoms with Crippen molar-refractivity contribution in [3.8, 4) is 5.69 Å². The highest BCUT2D eigenvalue weighted by atomic mass is 15.0. The molecule has 0 amide bonds. The van der Waals surface area contributed by atoms with E-state index in [0.717, 1.165) is 0 Å². The molecule has 0 aliphatic carbocycles. The van der Waals surface area contributed by atoms with Gasteiger partial charge in [-0.3, -0.25) is 0 Å². The molecule has 0 radical (unpaired) electrons. The van der Waals surface area contributed by atoms with Gasteiger partial charge in [0.25, 0.3) is 0 Å². The molecule has 0 saturated carbocycles. The molecular formula is C31H24N2. The lowest BCUT2D eigenvalue weighted by Gasteiger charge is -2.36. The Morgan fingerprint density at radius 3 is 2.27 bits per heavy atom. The minimum absolute atomic E-state index is 0.127. The maximum Gasteiger partial charge on any atom is 0.0619 e. The van der Waals surface area contributed by atoms with Crippen LogP contribution in [0, 0.1) is 0 Å². The van der Waals surface area contributed by atoms with Gasteiger partial charge in [-0.2, -0.15) is 0 Å². The van der Waals surface area contributed by atoms with Crippen LogP contribution in [0.1, 0.15) is 25.0 Å². The van der Waals surface area contributed by atoms with Crippen LogP contribution >= 0.6 is 0 Å². The molecule has 1 aliphatic rings. The highest BCUT2D eigenvalue weighted by Crippen LogP contribution is 2.51. The smallest absolute Gasteiger partial charge is 0.0619 e. The van der Waals surface area contributed by atoms with Crippen molar-refractivity contribution in [2.45, 2.75) is 19.3 Å². The summed E-state index contributed by atoms with van der Waals surface area (Å²) in [6.07, 6.45) is 0. The van der Waals surface area contributed by atoms with E-state index in [0.29, 0.717) is 0 Å². The monoisotopic (exact) mass is 424 g/mol. The second kappa shape index (κ2) is 6.49. The fourth-order valence-electron chi connectivity index (χ4n) is 5.88. The van der Waals surface area contributed by atoms with E-state index >= 15 is 0 Å². The Morgan fingerprint density at radius 1 is 0.636 bits per heavy atom. The van der Waals surface area contributed by atoms with E-state index in [1.165, 1.54) is 60.8 Å². The molecule has 0 saturated heterocycles. The fraction of sp³-hybridized carbons (Fsp3) is 0.0968. The molecule has 0 bridgehead atoms. The van der Waals surface area contributed by atoms with Gasteiger partial charge in [-0.25, -0.2) is 0 Å². The van der Waals surface area contributed by atoms with E-state index in [1.807, 2.05) is 0 Å². The number of hydrogen-bond donors (Lipinski definition) is 1. The van der Waals surface area contributed by atoms with E-state index in [9.17, 15) is 0 Å². The molecule has 6 aromatic rings. The van der Waals surface area contributed by atoms with Gasteiger partial charge in [0, 0.05) is 38.6 Å². The van der Waals surface area contributed by atoms with Crippen LogP contribution in [0.2, 0.25) is 0 Å². The third-order valence-electron chi connectivity index (χ3n) is 7.33. The molecule has 5 aromatic carbocycles. The molecule has 33 heavy (non-hydrogen) atoms. The fourth-order valence-corrected chi connectivity index (χ4v) is 5.88. The van der Waals surface area contributed by atoms with Gasteiger partial charge in [-0.15, -0.1) is 0 Å². The zero-order valence-corrected chi connectivity index (χ0v) is 18.8. The molecule has 1 N–H and O–H groups in total. The minimum Gasteiger partial charge on any atom is -0.355 e. The summed E-state index contributed by atoms with van der Waals surface area (Å²) in [7, 11) is 0. The van der Waals surface area contributed by atoms with Gasteiger partial charge in [0.1, 0.15) is 0 Å². The molecule has 0 unspecified atom stereocenters. The van der Waals surface area contributed by atoms with Crippen LogP contribution in [0.25, 0.3) is 38.3 Å². The Balaban J connectivity index is 1.71. The van der Waals surface area contributed by atoms with Gasteiger partial charge < -0.3 is 9.88 Å². The summed E-state index contributed by atoms with van der Waals surface area (Å²) in [5, 5.41) is 8.92. The van der Waals surface area contributed by atoms with Gasteiger partial charge in [0.15, 0.2) is 0 Å². The standard InChI is InChI=1S/C31H24N2/c1-31(2)24-14-8-9-15-25(24)32-26-18-19-27-28(29(26)31)23-17-16-20-10-6-7-13-22(20)30(23)33(27)21-11-4-3-5-12-21/h3-19,32H,1-2H3. The third kappa shape index (κ3) is 2.44. The summed E-state index contributed by atoms with van der Waals surface area (Å²) in [6.45, 7) is 4.72. The van der Waals surface area contributed by atoms with Gasteiger partial charge in [0.2, 0.25) is 0 Å². The maximum atomic E-state index is 3.73. The van der Waals surface area contributed by atoms with Crippen molar-refractivity contribution < 1.29 is 0 Å². The molecule has 7 rings (SSSR count). The van der Waals surface area contributed by atoms with Crippen molar-refractivity contribution in [1.82, 2.24) is 4.57 Å². The number of hydrogen-bond acceptors (Lipinski definition) is 1. The van der Waals surface area contributed by atoms with Crippen molar-refractivity contribution >= 4 is 44.0 Å². The number of para-hydroxylation sites is 2.